The van der Waals surface area contributed by atoms with Gasteiger partial charge in [-0.25, -0.2) is 0 Å². The Kier molecular flexibility index (Phi) is 3.59. The topological polar surface area (TPSA) is 9.23 Å². The van der Waals surface area contributed by atoms with E-state index in [1.165, 1.54) is 0 Å². The van der Waals surface area contributed by atoms with Crippen molar-refractivity contribution < 1.29 is 17.9 Å². The van der Waals surface area contributed by atoms with Gasteiger partial charge in [0.05, 0.1) is 5.92 Å². The second-order valence-electron chi connectivity index (χ2n) is 3.71. The van der Waals surface area contributed by atoms with Gasteiger partial charge in [-0.05, 0) is 31.6 Å². The van der Waals surface area contributed by atoms with E-state index >= 15 is 0 Å². The minimum atomic E-state index is -3.99. The standard InChI is InChI=1S/C9H15F3O/c1-13-6-7-2-4-8(5-3-7)9(10,11)12/h7-8H,2-6H2,1H3/t7-,8-. The van der Waals surface area contributed by atoms with E-state index in [1.807, 2.05) is 0 Å². The van der Waals surface area contributed by atoms with Gasteiger partial charge in [-0.3, -0.25) is 0 Å². The first-order chi connectivity index (χ1) is 6.04. The second-order valence-corrected chi connectivity index (χ2v) is 3.71. The monoisotopic (exact) mass is 196 g/mol. The van der Waals surface area contributed by atoms with Gasteiger partial charge in [-0.2, -0.15) is 13.2 Å². The van der Waals surface area contributed by atoms with Crippen LogP contribution in [0.1, 0.15) is 25.7 Å². The summed E-state index contributed by atoms with van der Waals surface area (Å²) >= 11 is 0. The first-order valence-electron chi connectivity index (χ1n) is 4.59. The van der Waals surface area contributed by atoms with Gasteiger partial charge in [0, 0.05) is 13.7 Å². The summed E-state index contributed by atoms with van der Waals surface area (Å²) < 4.78 is 41.6. The third kappa shape index (κ3) is 3.18. The van der Waals surface area contributed by atoms with Gasteiger partial charge in [0.15, 0.2) is 0 Å². The van der Waals surface area contributed by atoms with Crippen LogP contribution in [0.2, 0.25) is 0 Å². The lowest BCUT2D eigenvalue weighted by Crippen LogP contribution is -2.28. The van der Waals surface area contributed by atoms with E-state index in [4.69, 9.17) is 4.74 Å². The Balaban J connectivity index is 2.30. The van der Waals surface area contributed by atoms with Crippen LogP contribution in [0.25, 0.3) is 0 Å². The average molecular weight is 196 g/mol. The van der Waals surface area contributed by atoms with E-state index in [1.54, 1.807) is 7.11 Å². The van der Waals surface area contributed by atoms with Crippen molar-refractivity contribution in [3.05, 3.63) is 0 Å². The Labute approximate surface area is 76.3 Å². The van der Waals surface area contributed by atoms with Crippen molar-refractivity contribution in [2.24, 2.45) is 11.8 Å². The van der Waals surface area contributed by atoms with Crippen LogP contribution in [0.15, 0.2) is 0 Å². The van der Waals surface area contributed by atoms with Gasteiger partial charge in [0.1, 0.15) is 0 Å². The highest BCUT2D eigenvalue weighted by Gasteiger charge is 2.41. The van der Waals surface area contributed by atoms with E-state index in [2.05, 4.69) is 0 Å². The van der Waals surface area contributed by atoms with Crippen LogP contribution in [-0.2, 0) is 4.74 Å². The van der Waals surface area contributed by atoms with Crippen molar-refractivity contribution >= 4 is 0 Å². The maximum atomic E-state index is 12.2. The number of rotatable bonds is 2. The molecule has 0 aromatic heterocycles. The van der Waals surface area contributed by atoms with Crippen LogP contribution in [0.5, 0.6) is 0 Å². The Bertz CT molecular complexity index is 147. The molecular formula is C9H15F3O. The summed E-state index contributed by atoms with van der Waals surface area (Å²) in [6.07, 6.45) is -2.14. The van der Waals surface area contributed by atoms with Crippen molar-refractivity contribution in [3.63, 3.8) is 0 Å². The highest BCUT2D eigenvalue weighted by molar-refractivity contribution is 4.76. The third-order valence-electron chi connectivity index (χ3n) is 2.71. The maximum absolute atomic E-state index is 12.2. The zero-order valence-corrected chi connectivity index (χ0v) is 7.73. The Morgan fingerprint density at radius 1 is 1.15 bits per heavy atom. The van der Waals surface area contributed by atoms with E-state index in [0.29, 0.717) is 25.4 Å². The van der Waals surface area contributed by atoms with Crippen LogP contribution in [-0.4, -0.2) is 19.9 Å². The van der Waals surface area contributed by atoms with Crippen molar-refractivity contribution in [2.45, 2.75) is 31.9 Å². The lowest BCUT2D eigenvalue weighted by atomic mass is 9.82. The number of hydrogen-bond donors (Lipinski definition) is 0. The van der Waals surface area contributed by atoms with E-state index in [9.17, 15) is 13.2 Å². The summed E-state index contributed by atoms with van der Waals surface area (Å²) in [6, 6.07) is 0. The number of ether oxygens (including phenoxy) is 1. The van der Waals surface area contributed by atoms with Crippen LogP contribution in [0, 0.1) is 11.8 Å². The molecule has 0 unspecified atom stereocenters. The van der Waals surface area contributed by atoms with Crippen LogP contribution < -0.4 is 0 Å². The Hall–Kier alpha value is -0.250. The molecule has 0 spiro atoms. The van der Waals surface area contributed by atoms with Gasteiger partial charge in [0.25, 0.3) is 0 Å². The normalized spacial score (nSPS) is 30.5. The van der Waals surface area contributed by atoms with Crippen LogP contribution in [0.4, 0.5) is 13.2 Å². The Morgan fingerprint density at radius 3 is 2.08 bits per heavy atom. The van der Waals surface area contributed by atoms with Gasteiger partial charge in [0.2, 0.25) is 0 Å². The molecule has 0 amide bonds. The molecule has 0 N–H and O–H groups in total. The lowest BCUT2D eigenvalue weighted by Gasteiger charge is -2.29. The molecule has 0 heterocycles. The predicted octanol–water partition coefficient (Wildman–Crippen LogP) is 3.00. The summed E-state index contributed by atoms with van der Waals surface area (Å²) in [5, 5.41) is 0. The molecule has 0 bridgehead atoms. The molecule has 0 aromatic rings. The molecule has 4 heteroatoms. The zero-order valence-electron chi connectivity index (χ0n) is 7.73. The third-order valence-corrected chi connectivity index (χ3v) is 2.71. The summed E-state index contributed by atoms with van der Waals surface area (Å²) in [5.41, 5.74) is 0. The molecule has 13 heavy (non-hydrogen) atoms. The predicted molar refractivity (Wildman–Crippen MR) is 43.4 cm³/mol. The van der Waals surface area contributed by atoms with Crippen molar-refractivity contribution in [3.8, 4) is 0 Å². The first kappa shape index (κ1) is 10.8. The van der Waals surface area contributed by atoms with Gasteiger partial charge < -0.3 is 4.74 Å². The smallest absolute Gasteiger partial charge is 0.384 e. The van der Waals surface area contributed by atoms with E-state index in [-0.39, 0.29) is 12.8 Å². The Morgan fingerprint density at radius 2 is 1.69 bits per heavy atom. The fraction of sp³-hybridized carbons (Fsp3) is 1.00. The summed E-state index contributed by atoms with van der Waals surface area (Å²) in [5.74, 6) is -0.732. The number of halogens is 3. The lowest BCUT2D eigenvalue weighted by molar-refractivity contribution is -0.184. The molecule has 0 radical (unpaired) electrons. The van der Waals surface area contributed by atoms with Crippen LogP contribution >= 0.6 is 0 Å². The second kappa shape index (κ2) is 4.31. The van der Waals surface area contributed by atoms with E-state index in [0.717, 1.165) is 0 Å². The quantitative estimate of drug-likeness (QED) is 0.659. The van der Waals surface area contributed by atoms with Gasteiger partial charge in [-0.1, -0.05) is 0 Å². The number of alkyl halides is 3. The van der Waals surface area contributed by atoms with Gasteiger partial charge >= 0.3 is 6.18 Å². The summed E-state index contributed by atoms with van der Waals surface area (Å²) in [7, 11) is 1.59. The van der Waals surface area contributed by atoms with Crippen LogP contribution in [0.3, 0.4) is 0 Å². The number of hydrogen-bond acceptors (Lipinski definition) is 1. The molecule has 1 saturated carbocycles. The summed E-state index contributed by atoms with van der Waals surface area (Å²) in [6.45, 7) is 0.602. The van der Waals surface area contributed by atoms with Crippen molar-refractivity contribution in [2.75, 3.05) is 13.7 Å². The van der Waals surface area contributed by atoms with Crippen molar-refractivity contribution in [1.82, 2.24) is 0 Å². The fourth-order valence-electron chi connectivity index (χ4n) is 1.89. The average Bonchev–Trinajstić information content (AvgIpc) is 2.04. The maximum Gasteiger partial charge on any atom is 0.391 e. The molecule has 0 aromatic carbocycles. The molecule has 0 atom stereocenters. The zero-order chi connectivity index (χ0) is 9.90. The number of methoxy groups -OCH3 is 1. The minimum Gasteiger partial charge on any atom is -0.384 e. The molecule has 0 saturated heterocycles. The highest BCUT2D eigenvalue weighted by atomic mass is 19.4. The first-order valence-corrected chi connectivity index (χ1v) is 4.59. The largest absolute Gasteiger partial charge is 0.391 e. The highest BCUT2D eigenvalue weighted by Crippen LogP contribution is 2.39. The molecule has 1 aliphatic carbocycles. The molecule has 0 aliphatic heterocycles. The van der Waals surface area contributed by atoms with Crippen molar-refractivity contribution in [1.29, 1.82) is 0 Å². The molecule has 1 nitrogen and oxygen atoms in total. The minimum absolute atomic E-state index is 0.275. The molecule has 1 fully saturated rings. The molecular weight excluding hydrogens is 181 g/mol. The molecule has 1 rings (SSSR count). The SMILES string of the molecule is COC[C@H]1CC[C@H](C(F)(F)F)CC1. The molecule has 78 valence electrons. The molecule has 1 aliphatic rings. The summed E-state index contributed by atoms with van der Waals surface area (Å²) in [4.78, 5) is 0. The van der Waals surface area contributed by atoms with E-state index < -0.39 is 12.1 Å². The fourth-order valence-corrected chi connectivity index (χ4v) is 1.89. The van der Waals surface area contributed by atoms with Gasteiger partial charge in [-0.15, -0.1) is 0 Å².